The molecule has 0 saturated carbocycles. The first-order valence-corrected chi connectivity index (χ1v) is 13.1. The Kier molecular flexibility index (Phi) is 6.99. The van der Waals surface area contributed by atoms with Gasteiger partial charge < -0.3 is 20.2 Å². The maximum atomic E-state index is 15.9. The first kappa shape index (κ1) is 25.9. The highest BCUT2D eigenvalue weighted by atomic mass is 19.1. The van der Waals surface area contributed by atoms with Crippen LogP contribution in [-0.4, -0.2) is 67.9 Å². The molecular weight excluding hydrogens is 525 g/mol. The number of hydrogen-bond acceptors (Lipinski definition) is 6. The van der Waals surface area contributed by atoms with Crippen LogP contribution < -0.4 is 10.2 Å². The molecule has 0 aliphatic carbocycles. The summed E-state index contributed by atoms with van der Waals surface area (Å²) in [5.41, 5.74) is 1.76. The van der Waals surface area contributed by atoms with Gasteiger partial charge in [0.2, 0.25) is 0 Å². The number of nitrogens with zero attached hydrogens (tertiary/aromatic N) is 6. The lowest BCUT2D eigenvalue weighted by molar-refractivity contribution is -0.118. The quantitative estimate of drug-likeness (QED) is 0.315. The lowest BCUT2D eigenvalue weighted by Crippen LogP contribution is -2.48. The molecule has 5 aromatic rings. The lowest BCUT2D eigenvalue weighted by atomic mass is 10.1. The van der Waals surface area contributed by atoms with Crippen molar-refractivity contribution in [3.8, 4) is 11.1 Å². The molecule has 1 saturated heterocycles. The number of piperazine rings is 1. The van der Waals surface area contributed by atoms with Crippen LogP contribution in [0.25, 0.3) is 22.0 Å². The number of rotatable bonds is 6. The second kappa shape index (κ2) is 11.0. The van der Waals surface area contributed by atoms with Gasteiger partial charge in [0.15, 0.2) is 11.9 Å². The molecule has 0 bridgehead atoms. The summed E-state index contributed by atoms with van der Waals surface area (Å²) < 4.78 is 17.3. The Labute approximate surface area is 234 Å². The van der Waals surface area contributed by atoms with E-state index in [-0.39, 0.29) is 11.4 Å². The molecule has 41 heavy (non-hydrogen) atoms. The molecule has 206 valence electrons. The second-order valence-corrected chi connectivity index (χ2v) is 9.65. The normalized spacial score (nSPS) is 14.2. The third-order valence-corrected chi connectivity index (χ3v) is 7.11. The van der Waals surface area contributed by atoms with Crippen molar-refractivity contribution in [3.63, 3.8) is 0 Å². The average Bonchev–Trinajstić information content (AvgIpc) is 3.43. The van der Waals surface area contributed by atoms with E-state index in [2.05, 4.69) is 20.4 Å². The predicted octanol–water partition coefficient (Wildman–Crippen LogP) is 4.66. The van der Waals surface area contributed by atoms with E-state index in [0.717, 1.165) is 0 Å². The number of benzene rings is 2. The summed E-state index contributed by atoms with van der Waals surface area (Å²) >= 11 is 0. The van der Waals surface area contributed by atoms with E-state index in [4.69, 9.17) is 5.11 Å². The molecule has 6 rings (SSSR count). The summed E-state index contributed by atoms with van der Waals surface area (Å²) in [6, 6.07) is 20.6. The molecule has 2 amide bonds. The molecular formula is C30H26FN7O3. The van der Waals surface area contributed by atoms with Gasteiger partial charge in [0.1, 0.15) is 17.2 Å². The highest BCUT2D eigenvalue weighted by molar-refractivity contribution is 5.95. The van der Waals surface area contributed by atoms with Crippen molar-refractivity contribution in [1.82, 2.24) is 24.6 Å². The molecule has 3 aromatic heterocycles. The van der Waals surface area contributed by atoms with Gasteiger partial charge in [-0.05, 0) is 29.8 Å². The van der Waals surface area contributed by atoms with E-state index in [1.807, 2.05) is 35.2 Å². The van der Waals surface area contributed by atoms with Crippen molar-refractivity contribution in [2.75, 3.05) is 36.4 Å². The fourth-order valence-corrected chi connectivity index (χ4v) is 4.98. The van der Waals surface area contributed by atoms with E-state index in [1.54, 1.807) is 61.1 Å². The maximum Gasteiger partial charge on any atom is 0.407 e. The molecule has 11 heteroatoms. The minimum Gasteiger partial charge on any atom is -0.465 e. The van der Waals surface area contributed by atoms with Crippen molar-refractivity contribution in [1.29, 1.82) is 0 Å². The van der Waals surface area contributed by atoms with Crippen LogP contribution in [0, 0.1) is 5.82 Å². The van der Waals surface area contributed by atoms with Gasteiger partial charge in [0, 0.05) is 61.3 Å². The standard InChI is InChI=1S/C30H26FN7O3/c31-26-23(21-10-12-25(33-18-21)36-14-16-37(17-15-36)30(40)41)11-9-22-19-38(35-27(22)26)28(20-6-2-1-3-7-20)29(39)34-24-8-4-5-13-32-24/h1-13,18-19,28H,14-17H2,(H,40,41)(H,32,34,39). The third kappa shape index (κ3) is 5.29. The number of carboxylic acid groups (broad SMARTS) is 1. The number of halogens is 1. The molecule has 0 spiro atoms. The Balaban J connectivity index is 1.29. The van der Waals surface area contributed by atoms with Crippen LogP contribution in [0.15, 0.2) is 91.4 Å². The summed E-state index contributed by atoms with van der Waals surface area (Å²) in [7, 11) is 0. The van der Waals surface area contributed by atoms with Gasteiger partial charge in [0.05, 0.1) is 0 Å². The van der Waals surface area contributed by atoms with Crippen LogP contribution in [0.3, 0.4) is 0 Å². The number of aromatic nitrogens is 4. The minimum atomic E-state index is -0.926. The minimum absolute atomic E-state index is 0.142. The zero-order valence-electron chi connectivity index (χ0n) is 21.9. The monoisotopic (exact) mass is 551 g/mol. The number of carbonyl (C=O) groups excluding carboxylic acids is 1. The summed E-state index contributed by atoms with van der Waals surface area (Å²) in [5.74, 6) is 0.243. The number of pyridine rings is 2. The molecule has 1 atom stereocenters. The fraction of sp³-hybridized carbons (Fsp3) is 0.167. The SMILES string of the molecule is O=C(Nc1ccccn1)C(c1ccccc1)n1cc2ccc(-c3ccc(N4CCN(C(=O)O)CC4)nc3)c(F)c2n1. The van der Waals surface area contributed by atoms with Gasteiger partial charge in [-0.3, -0.25) is 9.48 Å². The number of amides is 2. The molecule has 0 radical (unpaired) electrons. The summed E-state index contributed by atoms with van der Waals surface area (Å²) in [6.45, 7) is 1.87. The Hall–Kier alpha value is -5.32. The van der Waals surface area contributed by atoms with Gasteiger partial charge in [0.25, 0.3) is 5.91 Å². The van der Waals surface area contributed by atoms with Crippen LogP contribution in [0.2, 0.25) is 0 Å². The fourth-order valence-electron chi connectivity index (χ4n) is 4.98. The summed E-state index contributed by atoms with van der Waals surface area (Å²) in [4.78, 5) is 36.7. The van der Waals surface area contributed by atoms with Crippen molar-refractivity contribution in [2.24, 2.45) is 0 Å². The predicted molar refractivity (Wildman–Crippen MR) is 152 cm³/mol. The topological polar surface area (TPSA) is 116 Å². The molecule has 1 fully saturated rings. The van der Waals surface area contributed by atoms with Crippen LogP contribution >= 0.6 is 0 Å². The van der Waals surface area contributed by atoms with E-state index in [9.17, 15) is 9.59 Å². The van der Waals surface area contributed by atoms with Gasteiger partial charge in [-0.15, -0.1) is 0 Å². The van der Waals surface area contributed by atoms with Crippen LogP contribution in [0.1, 0.15) is 11.6 Å². The third-order valence-electron chi connectivity index (χ3n) is 7.11. The van der Waals surface area contributed by atoms with E-state index in [0.29, 0.717) is 59.9 Å². The number of nitrogens with one attached hydrogen (secondary N) is 1. The average molecular weight is 552 g/mol. The Morgan fingerprint density at radius 1 is 0.902 bits per heavy atom. The van der Waals surface area contributed by atoms with Crippen LogP contribution in [0.5, 0.6) is 0 Å². The van der Waals surface area contributed by atoms with Crippen molar-refractivity contribution in [2.45, 2.75) is 6.04 Å². The lowest BCUT2D eigenvalue weighted by Gasteiger charge is -2.33. The Morgan fingerprint density at radius 2 is 1.68 bits per heavy atom. The smallest absolute Gasteiger partial charge is 0.407 e. The van der Waals surface area contributed by atoms with E-state index >= 15 is 4.39 Å². The summed E-state index contributed by atoms with van der Waals surface area (Å²) in [5, 5.41) is 17.1. The molecule has 2 N–H and O–H groups in total. The van der Waals surface area contributed by atoms with Crippen LogP contribution in [-0.2, 0) is 4.79 Å². The number of anilines is 2. The highest BCUT2D eigenvalue weighted by Crippen LogP contribution is 2.31. The van der Waals surface area contributed by atoms with Gasteiger partial charge in [-0.25, -0.2) is 19.2 Å². The highest BCUT2D eigenvalue weighted by Gasteiger charge is 2.26. The molecule has 2 aromatic carbocycles. The molecule has 1 unspecified atom stereocenters. The van der Waals surface area contributed by atoms with Crippen molar-refractivity contribution in [3.05, 3.63) is 103 Å². The molecule has 4 heterocycles. The Morgan fingerprint density at radius 3 is 2.37 bits per heavy atom. The van der Waals surface area contributed by atoms with Gasteiger partial charge in [-0.2, -0.15) is 5.10 Å². The maximum absolute atomic E-state index is 15.9. The largest absolute Gasteiger partial charge is 0.465 e. The van der Waals surface area contributed by atoms with Gasteiger partial charge >= 0.3 is 6.09 Å². The Bertz CT molecular complexity index is 1690. The van der Waals surface area contributed by atoms with Gasteiger partial charge in [-0.1, -0.05) is 48.5 Å². The van der Waals surface area contributed by atoms with Crippen molar-refractivity contribution < 1.29 is 19.1 Å². The molecule has 1 aliphatic rings. The summed E-state index contributed by atoms with van der Waals surface area (Å²) in [6.07, 6.45) is 3.93. The first-order valence-electron chi connectivity index (χ1n) is 13.1. The zero-order valence-corrected chi connectivity index (χ0v) is 21.9. The molecule has 10 nitrogen and oxygen atoms in total. The van der Waals surface area contributed by atoms with E-state index < -0.39 is 18.0 Å². The molecule has 1 aliphatic heterocycles. The number of hydrogen-bond donors (Lipinski definition) is 2. The van der Waals surface area contributed by atoms with Crippen molar-refractivity contribution >= 4 is 34.5 Å². The number of fused-ring (bicyclic) bond motifs is 1. The van der Waals surface area contributed by atoms with Crippen LogP contribution in [0.4, 0.5) is 20.8 Å². The zero-order chi connectivity index (χ0) is 28.3. The second-order valence-electron chi connectivity index (χ2n) is 9.65. The first-order chi connectivity index (χ1) is 20.0. The van der Waals surface area contributed by atoms with E-state index in [1.165, 1.54) is 9.58 Å². The number of carbonyl (C=O) groups is 2.